The number of rotatable bonds is 5. The van der Waals surface area contributed by atoms with Crippen molar-refractivity contribution in [3.63, 3.8) is 0 Å². The number of hydrogen-bond acceptors (Lipinski definition) is 3. The largest absolute Gasteiger partial charge is 0.339 e. The van der Waals surface area contributed by atoms with Gasteiger partial charge in [0, 0.05) is 45.0 Å². The highest BCUT2D eigenvalue weighted by atomic mass is 16.2. The van der Waals surface area contributed by atoms with E-state index in [-0.39, 0.29) is 18.4 Å². The maximum Gasteiger partial charge on any atom is 0.244 e. The van der Waals surface area contributed by atoms with Crippen LogP contribution in [-0.4, -0.2) is 57.6 Å². The first-order valence-corrected chi connectivity index (χ1v) is 9.25. The SMILES string of the molecule is O=C(CCC1CCCCC1)N1CCN(C(=O)Cn2cccn2)CC1. The molecular formula is C18H28N4O2. The van der Waals surface area contributed by atoms with Crippen LogP contribution in [0, 0.1) is 5.92 Å². The second-order valence-corrected chi connectivity index (χ2v) is 7.01. The fraction of sp³-hybridized carbons (Fsp3) is 0.722. The Bertz CT molecular complexity index is 529. The minimum atomic E-state index is 0.0769. The molecule has 1 saturated carbocycles. The van der Waals surface area contributed by atoms with Crippen molar-refractivity contribution in [2.24, 2.45) is 5.92 Å². The van der Waals surface area contributed by atoms with Crippen LogP contribution in [0.1, 0.15) is 44.9 Å². The lowest BCUT2D eigenvalue weighted by Gasteiger charge is -2.35. The molecule has 24 heavy (non-hydrogen) atoms. The van der Waals surface area contributed by atoms with Crippen molar-refractivity contribution in [2.75, 3.05) is 26.2 Å². The Morgan fingerprint density at radius 3 is 2.25 bits per heavy atom. The first-order valence-electron chi connectivity index (χ1n) is 9.25. The van der Waals surface area contributed by atoms with Gasteiger partial charge in [-0.1, -0.05) is 32.1 Å². The van der Waals surface area contributed by atoms with Gasteiger partial charge in [-0.15, -0.1) is 0 Å². The third-order valence-electron chi connectivity index (χ3n) is 5.33. The Kier molecular flexibility index (Phi) is 5.88. The van der Waals surface area contributed by atoms with Crippen molar-refractivity contribution < 1.29 is 9.59 Å². The lowest BCUT2D eigenvalue weighted by atomic mass is 9.86. The van der Waals surface area contributed by atoms with E-state index in [0.717, 1.165) is 12.3 Å². The van der Waals surface area contributed by atoms with Crippen LogP contribution in [-0.2, 0) is 16.1 Å². The highest BCUT2D eigenvalue weighted by Crippen LogP contribution is 2.27. The third-order valence-corrected chi connectivity index (χ3v) is 5.33. The van der Waals surface area contributed by atoms with Crippen LogP contribution < -0.4 is 0 Å². The summed E-state index contributed by atoms with van der Waals surface area (Å²) in [4.78, 5) is 28.4. The van der Waals surface area contributed by atoms with Gasteiger partial charge in [0.15, 0.2) is 0 Å². The number of nitrogens with zero attached hydrogens (tertiary/aromatic N) is 4. The molecule has 1 saturated heterocycles. The lowest BCUT2D eigenvalue weighted by molar-refractivity contribution is -0.140. The predicted octanol–water partition coefficient (Wildman–Crippen LogP) is 1.91. The molecule has 0 spiro atoms. The first kappa shape index (κ1) is 17.0. The zero-order valence-electron chi connectivity index (χ0n) is 14.4. The van der Waals surface area contributed by atoms with E-state index >= 15 is 0 Å². The molecule has 2 fully saturated rings. The molecular weight excluding hydrogens is 304 g/mol. The summed E-state index contributed by atoms with van der Waals surface area (Å²) in [6.07, 6.45) is 11.8. The van der Waals surface area contributed by atoms with Gasteiger partial charge in [-0.3, -0.25) is 14.3 Å². The second-order valence-electron chi connectivity index (χ2n) is 7.01. The first-order chi connectivity index (χ1) is 11.7. The fourth-order valence-electron chi connectivity index (χ4n) is 3.80. The van der Waals surface area contributed by atoms with E-state index < -0.39 is 0 Å². The molecule has 0 N–H and O–H groups in total. The van der Waals surface area contributed by atoms with Crippen LogP contribution in [0.5, 0.6) is 0 Å². The van der Waals surface area contributed by atoms with E-state index in [0.29, 0.717) is 32.6 Å². The normalized spacial score (nSPS) is 19.5. The molecule has 0 bridgehead atoms. The highest BCUT2D eigenvalue weighted by molar-refractivity contribution is 5.78. The number of piperazine rings is 1. The molecule has 3 rings (SSSR count). The summed E-state index contributed by atoms with van der Waals surface area (Å²) < 4.78 is 1.64. The maximum atomic E-state index is 12.4. The molecule has 2 heterocycles. The summed E-state index contributed by atoms with van der Waals surface area (Å²) in [5.41, 5.74) is 0. The van der Waals surface area contributed by atoms with Gasteiger partial charge in [-0.05, 0) is 18.4 Å². The van der Waals surface area contributed by atoms with Gasteiger partial charge in [0.05, 0.1) is 0 Å². The number of aromatic nitrogens is 2. The predicted molar refractivity (Wildman–Crippen MR) is 91.2 cm³/mol. The minimum Gasteiger partial charge on any atom is -0.339 e. The topological polar surface area (TPSA) is 58.4 Å². The molecule has 1 aromatic heterocycles. The van der Waals surface area contributed by atoms with Gasteiger partial charge in [-0.25, -0.2) is 0 Å². The van der Waals surface area contributed by atoms with Crippen molar-refractivity contribution in [2.45, 2.75) is 51.5 Å². The van der Waals surface area contributed by atoms with Gasteiger partial charge in [0.2, 0.25) is 11.8 Å². The molecule has 0 atom stereocenters. The van der Waals surface area contributed by atoms with E-state index in [1.807, 2.05) is 15.9 Å². The molecule has 132 valence electrons. The summed E-state index contributed by atoms with van der Waals surface area (Å²) in [5, 5.41) is 4.07. The monoisotopic (exact) mass is 332 g/mol. The average Bonchev–Trinajstić information content (AvgIpc) is 3.13. The number of amides is 2. The molecule has 2 amide bonds. The third kappa shape index (κ3) is 4.58. The van der Waals surface area contributed by atoms with Gasteiger partial charge in [-0.2, -0.15) is 5.10 Å². The Morgan fingerprint density at radius 2 is 1.62 bits per heavy atom. The van der Waals surface area contributed by atoms with E-state index in [4.69, 9.17) is 0 Å². The number of carbonyl (C=O) groups excluding carboxylic acids is 2. The van der Waals surface area contributed by atoms with Crippen LogP contribution in [0.4, 0.5) is 0 Å². The smallest absolute Gasteiger partial charge is 0.244 e. The lowest BCUT2D eigenvalue weighted by Crippen LogP contribution is -2.51. The second kappa shape index (κ2) is 8.31. The van der Waals surface area contributed by atoms with Gasteiger partial charge in [0.25, 0.3) is 0 Å². The summed E-state index contributed by atoms with van der Waals surface area (Å²) in [6, 6.07) is 1.82. The van der Waals surface area contributed by atoms with Gasteiger partial charge in [0.1, 0.15) is 6.54 Å². The van der Waals surface area contributed by atoms with E-state index in [2.05, 4.69) is 5.10 Å². The van der Waals surface area contributed by atoms with Crippen LogP contribution in [0.2, 0.25) is 0 Å². The summed E-state index contributed by atoms with van der Waals surface area (Å²) in [5.74, 6) is 1.09. The summed E-state index contributed by atoms with van der Waals surface area (Å²) in [7, 11) is 0. The van der Waals surface area contributed by atoms with Crippen LogP contribution in [0.25, 0.3) is 0 Å². The van der Waals surface area contributed by atoms with Crippen molar-refractivity contribution in [1.29, 1.82) is 0 Å². The average molecular weight is 332 g/mol. The van der Waals surface area contributed by atoms with Gasteiger partial charge < -0.3 is 9.80 Å². The molecule has 6 nitrogen and oxygen atoms in total. The van der Waals surface area contributed by atoms with Crippen LogP contribution in [0.3, 0.4) is 0 Å². The Balaban J connectivity index is 1.37. The molecule has 6 heteroatoms. The summed E-state index contributed by atoms with van der Waals surface area (Å²) in [6.45, 7) is 2.87. The fourth-order valence-corrected chi connectivity index (χ4v) is 3.80. The van der Waals surface area contributed by atoms with Crippen molar-refractivity contribution >= 4 is 11.8 Å². The van der Waals surface area contributed by atoms with Crippen LogP contribution in [0.15, 0.2) is 18.5 Å². The van der Waals surface area contributed by atoms with Crippen molar-refractivity contribution in [3.05, 3.63) is 18.5 Å². The molecule has 1 aliphatic carbocycles. The maximum absolute atomic E-state index is 12.4. The minimum absolute atomic E-state index is 0.0769. The standard InChI is InChI=1S/C18H28N4O2/c23-17(8-7-16-5-2-1-3-6-16)20-11-13-21(14-12-20)18(24)15-22-10-4-9-19-22/h4,9-10,16H,1-3,5-8,11-15H2. The number of carbonyl (C=O) groups is 2. The van der Waals surface area contributed by atoms with Crippen molar-refractivity contribution in [3.8, 4) is 0 Å². The van der Waals surface area contributed by atoms with E-state index in [1.165, 1.54) is 32.1 Å². The zero-order chi connectivity index (χ0) is 16.8. The Hall–Kier alpha value is -1.85. The molecule has 0 radical (unpaired) electrons. The highest BCUT2D eigenvalue weighted by Gasteiger charge is 2.25. The number of hydrogen-bond donors (Lipinski definition) is 0. The Morgan fingerprint density at radius 1 is 0.958 bits per heavy atom. The van der Waals surface area contributed by atoms with E-state index in [9.17, 15) is 9.59 Å². The quantitative estimate of drug-likeness (QED) is 0.828. The van der Waals surface area contributed by atoms with Gasteiger partial charge >= 0.3 is 0 Å². The van der Waals surface area contributed by atoms with Crippen molar-refractivity contribution in [1.82, 2.24) is 19.6 Å². The molecule has 0 aromatic carbocycles. The molecule has 0 unspecified atom stereocenters. The molecule has 1 aromatic rings. The molecule has 2 aliphatic rings. The molecule has 1 aliphatic heterocycles. The van der Waals surface area contributed by atoms with E-state index in [1.54, 1.807) is 17.1 Å². The summed E-state index contributed by atoms with van der Waals surface area (Å²) >= 11 is 0. The zero-order valence-corrected chi connectivity index (χ0v) is 14.4. The Labute approximate surface area is 143 Å². The van der Waals surface area contributed by atoms with Crippen LogP contribution >= 0.6 is 0 Å².